The molecular weight excluding hydrogens is 402 g/mol. The number of fused-ring (bicyclic) bond motifs is 1. The second-order valence-electron chi connectivity index (χ2n) is 7.70. The van der Waals surface area contributed by atoms with Gasteiger partial charge in [-0.1, -0.05) is 6.08 Å². The van der Waals surface area contributed by atoms with Crippen LogP contribution in [0.5, 0.6) is 0 Å². The highest BCUT2D eigenvalue weighted by Crippen LogP contribution is 2.29. The number of rotatable bonds is 9. The third-order valence-electron chi connectivity index (χ3n) is 5.22. The summed E-state index contributed by atoms with van der Waals surface area (Å²) in [7, 11) is 1.82. The van der Waals surface area contributed by atoms with E-state index in [1.165, 1.54) is 0 Å². The van der Waals surface area contributed by atoms with Crippen LogP contribution in [0.3, 0.4) is 0 Å². The van der Waals surface area contributed by atoms with E-state index in [1.54, 1.807) is 30.6 Å². The van der Waals surface area contributed by atoms with Gasteiger partial charge in [0.15, 0.2) is 6.80 Å². The van der Waals surface area contributed by atoms with E-state index in [9.17, 15) is 13.6 Å². The lowest BCUT2D eigenvalue weighted by molar-refractivity contribution is 0.0675. The van der Waals surface area contributed by atoms with Gasteiger partial charge < -0.3 is 10.2 Å². The largest absolute Gasteiger partial charge is 0.318 e. The molecule has 2 N–H and O–H groups in total. The minimum atomic E-state index is -0.936. The normalized spacial score (nSPS) is 18.3. The summed E-state index contributed by atoms with van der Waals surface area (Å²) in [6, 6.07) is 4.84. The Morgan fingerprint density at radius 2 is 2.06 bits per heavy atom. The van der Waals surface area contributed by atoms with E-state index in [0.717, 1.165) is 10.5 Å². The summed E-state index contributed by atoms with van der Waals surface area (Å²) in [5.74, 6) is -0.213. The highest BCUT2D eigenvalue weighted by atomic mass is 19.1. The van der Waals surface area contributed by atoms with Crippen LogP contribution in [-0.2, 0) is 0 Å². The van der Waals surface area contributed by atoms with Gasteiger partial charge in [0.2, 0.25) is 0 Å². The minimum Gasteiger partial charge on any atom is -0.318 e. The molecular formula is C22H26F2N6O. The molecule has 1 atom stereocenters. The zero-order valence-corrected chi connectivity index (χ0v) is 17.7. The molecule has 0 saturated heterocycles. The molecule has 1 aliphatic rings. The van der Waals surface area contributed by atoms with Crippen molar-refractivity contribution >= 4 is 34.6 Å². The van der Waals surface area contributed by atoms with E-state index in [0.29, 0.717) is 35.3 Å². The molecule has 2 heterocycles. The average molecular weight is 428 g/mol. The monoisotopic (exact) mass is 428 g/mol. The summed E-state index contributed by atoms with van der Waals surface area (Å²) in [5.41, 5.74) is 2.12. The van der Waals surface area contributed by atoms with E-state index in [4.69, 9.17) is 5.41 Å². The average Bonchev–Trinajstić information content (AvgIpc) is 2.78. The number of unbranched alkanes of at least 4 members (excludes halogenated alkanes) is 1. The Labute approximate surface area is 179 Å². The molecule has 1 aliphatic heterocycles. The van der Waals surface area contributed by atoms with E-state index in [-0.39, 0.29) is 18.8 Å². The number of aromatic nitrogens is 2. The van der Waals surface area contributed by atoms with Gasteiger partial charge in [0.05, 0.1) is 35.0 Å². The molecule has 164 valence electrons. The minimum absolute atomic E-state index is 0.155. The fraction of sp³-hybridized carbons (Fsp3) is 0.409. The first-order valence-corrected chi connectivity index (χ1v) is 10.1. The second-order valence-corrected chi connectivity index (χ2v) is 7.70. The summed E-state index contributed by atoms with van der Waals surface area (Å²) in [5, 5.41) is 11.2. The number of amides is 1. The predicted molar refractivity (Wildman–Crippen MR) is 118 cm³/mol. The molecule has 3 rings (SSSR count). The molecule has 31 heavy (non-hydrogen) atoms. The van der Waals surface area contributed by atoms with Crippen LogP contribution >= 0.6 is 0 Å². The van der Waals surface area contributed by atoms with Gasteiger partial charge in [-0.25, -0.2) is 14.4 Å². The molecule has 9 heteroatoms. The molecule has 0 spiro atoms. The van der Waals surface area contributed by atoms with E-state index in [1.807, 2.05) is 20.0 Å². The van der Waals surface area contributed by atoms with Crippen LogP contribution in [0.25, 0.3) is 16.6 Å². The number of carbonyl (C=O) groups excluding carboxylic acids is 1. The number of amidine groups is 1. The van der Waals surface area contributed by atoms with Crippen LogP contribution in [-0.4, -0.2) is 66.4 Å². The maximum absolute atomic E-state index is 13.3. The Hall–Kier alpha value is -3.07. The van der Waals surface area contributed by atoms with Crippen molar-refractivity contribution in [1.82, 2.24) is 20.2 Å². The third kappa shape index (κ3) is 4.99. The molecule has 1 unspecified atom stereocenters. The summed E-state index contributed by atoms with van der Waals surface area (Å²) in [4.78, 5) is 27.0. The standard InChI is InChI=1S/C22H26F2N6O/c1-22(13-26-2)10-16(11-28-21(22)25)19-12-27-17-6-5-15(9-18(17)29-19)20(31)30(14-24)8-4-3-7-23/h5-6,9-12,25-26H,3-4,7-8,13-14H2,1-2H3. The van der Waals surface area contributed by atoms with Gasteiger partial charge >= 0.3 is 0 Å². The summed E-state index contributed by atoms with van der Waals surface area (Å²) in [6.07, 6.45) is 5.83. The smallest absolute Gasteiger partial charge is 0.255 e. The fourth-order valence-corrected chi connectivity index (χ4v) is 3.45. The second kappa shape index (κ2) is 9.82. The number of carbonyl (C=O) groups is 1. The van der Waals surface area contributed by atoms with Gasteiger partial charge in [0.25, 0.3) is 5.91 Å². The van der Waals surface area contributed by atoms with E-state index in [2.05, 4.69) is 20.3 Å². The number of dihydropyridines is 1. The molecule has 1 amide bonds. The van der Waals surface area contributed by atoms with Crippen molar-refractivity contribution in [3.8, 4) is 0 Å². The first-order chi connectivity index (χ1) is 14.9. The van der Waals surface area contributed by atoms with Crippen molar-refractivity contribution < 1.29 is 13.6 Å². The van der Waals surface area contributed by atoms with Gasteiger partial charge in [-0.05, 0) is 45.0 Å². The lowest BCUT2D eigenvalue weighted by atomic mass is 9.84. The zero-order chi connectivity index (χ0) is 22.4. The van der Waals surface area contributed by atoms with Crippen LogP contribution in [0.2, 0.25) is 0 Å². The number of hydrogen-bond donors (Lipinski definition) is 2. The zero-order valence-electron chi connectivity index (χ0n) is 17.7. The molecule has 1 aromatic heterocycles. The highest BCUT2D eigenvalue weighted by molar-refractivity contribution is 6.17. The third-order valence-corrected chi connectivity index (χ3v) is 5.22. The van der Waals surface area contributed by atoms with Crippen molar-refractivity contribution in [3.63, 3.8) is 0 Å². The Balaban J connectivity index is 1.91. The highest BCUT2D eigenvalue weighted by Gasteiger charge is 2.30. The molecule has 7 nitrogen and oxygen atoms in total. The molecule has 0 bridgehead atoms. The number of allylic oxidation sites excluding steroid dienone is 1. The molecule has 0 fully saturated rings. The number of nitrogens with one attached hydrogen (secondary N) is 2. The summed E-state index contributed by atoms with van der Waals surface area (Å²) >= 11 is 0. The lowest BCUT2D eigenvalue weighted by Crippen LogP contribution is -2.36. The molecule has 2 aromatic rings. The SMILES string of the molecule is CNCC1(C)C=C(c2cnc3ccc(C(=O)N(CF)CCCCF)cc3n2)C=NC1=N. The molecule has 1 aromatic carbocycles. The first kappa shape index (κ1) is 22.6. The molecule has 0 aliphatic carbocycles. The van der Waals surface area contributed by atoms with Crippen LogP contribution in [0.15, 0.2) is 35.5 Å². The Morgan fingerprint density at radius 3 is 2.77 bits per heavy atom. The van der Waals surface area contributed by atoms with Gasteiger partial charge in [0.1, 0.15) is 5.84 Å². The quantitative estimate of drug-likeness (QED) is 0.473. The topological polar surface area (TPSA) is 94.3 Å². The van der Waals surface area contributed by atoms with Crippen molar-refractivity contribution in [2.24, 2.45) is 10.4 Å². The Bertz CT molecular complexity index is 1040. The lowest BCUT2D eigenvalue weighted by Gasteiger charge is -2.27. The van der Waals surface area contributed by atoms with Gasteiger partial charge in [-0.15, -0.1) is 0 Å². The van der Waals surface area contributed by atoms with Crippen LogP contribution in [0, 0.1) is 10.8 Å². The summed E-state index contributed by atoms with van der Waals surface area (Å²) < 4.78 is 25.7. The van der Waals surface area contributed by atoms with Crippen molar-refractivity contribution in [3.05, 3.63) is 41.7 Å². The number of aliphatic imine (C=N–C) groups is 1. The van der Waals surface area contributed by atoms with E-state index < -0.39 is 24.8 Å². The Kier molecular flexibility index (Phi) is 7.17. The number of benzene rings is 1. The maximum Gasteiger partial charge on any atom is 0.255 e. The molecule has 0 radical (unpaired) electrons. The summed E-state index contributed by atoms with van der Waals surface area (Å²) in [6.45, 7) is 1.20. The number of hydrogen-bond acceptors (Lipinski definition) is 5. The van der Waals surface area contributed by atoms with Gasteiger partial charge in [0, 0.05) is 30.4 Å². The van der Waals surface area contributed by atoms with Crippen LogP contribution in [0.4, 0.5) is 8.78 Å². The van der Waals surface area contributed by atoms with Crippen LogP contribution < -0.4 is 5.32 Å². The fourth-order valence-electron chi connectivity index (χ4n) is 3.45. The van der Waals surface area contributed by atoms with Crippen LogP contribution in [0.1, 0.15) is 35.8 Å². The maximum atomic E-state index is 13.3. The number of alkyl halides is 2. The first-order valence-electron chi connectivity index (χ1n) is 10.1. The Morgan fingerprint density at radius 1 is 1.26 bits per heavy atom. The number of nitrogens with zero attached hydrogens (tertiary/aromatic N) is 4. The van der Waals surface area contributed by atoms with Gasteiger partial charge in [-0.2, -0.15) is 0 Å². The van der Waals surface area contributed by atoms with Crippen molar-refractivity contribution in [2.75, 3.05) is 33.6 Å². The molecule has 0 saturated carbocycles. The number of halogens is 2. The van der Waals surface area contributed by atoms with Gasteiger partial charge in [-0.3, -0.25) is 19.6 Å². The van der Waals surface area contributed by atoms with Crippen molar-refractivity contribution in [1.29, 1.82) is 5.41 Å². The predicted octanol–water partition coefficient (Wildman–Crippen LogP) is 3.42. The van der Waals surface area contributed by atoms with Crippen molar-refractivity contribution in [2.45, 2.75) is 19.8 Å². The van der Waals surface area contributed by atoms with E-state index >= 15 is 0 Å².